The highest BCUT2D eigenvalue weighted by Crippen LogP contribution is 2.47. The van der Waals surface area contributed by atoms with Crippen LogP contribution in [0.15, 0.2) is 46.8 Å². The Morgan fingerprint density at radius 2 is 2.05 bits per heavy atom. The number of aromatic nitrogens is 2. The van der Waals surface area contributed by atoms with E-state index in [1.165, 1.54) is 13.0 Å². The lowest BCUT2D eigenvalue weighted by molar-refractivity contribution is 0.127. The van der Waals surface area contributed by atoms with Crippen LogP contribution < -0.4 is 10.5 Å². The molecule has 1 saturated carbocycles. The smallest absolute Gasteiger partial charge is 0.317 e. The van der Waals surface area contributed by atoms with E-state index < -0.39 is 11.6 Å². The molecule has 1 aromatic heterocycles. The summed E-state index contributed by atoms with van der Waals surface area (Å²) in [6.45, 7) is 14.2. The molecule has 11 heteroatoms. The highest BCUT2D eigenvalue weighted by Gasteiger charge is 2.45. The van der Waals surface area contributed by atoms with Crippen molar-refractivity contribution in [2.24, 2.45) is 11.1 Å². The minimum absolute atomic E-state index is 0.00819. The van der Waals surface area contributed by atoms with Crippen LogP contribution in [0.1, 0.15) is 42.9 Å². The van der Waals surface area contributed by atoms with Gasteiger partial charge in [-0.15, -0.1) is 0 Å². The van der Waals surface area contributed by atoms with Crippen molar-refractivity contribution >= 4 is 28.2 Å². The summed E-state index contributed by atoms with van der Waals surface area (Å²) < 4.78 is 48.4. The Hall–Kier alpha value is -3.30. The second-order valence-corrected chi connectivity index (χ2v) is 11.7. The summed E-state index contributed by atoms with van der Waals surface area (Å²) in [4.78, 5) is 11.2. The highest BCUT2D eigenvalue weighted by molar-refractivity contribution is 8.06. The van der Waals surface area contributed by atoms with Crippen LogP contribution in [0, 0.1) is 22.6 Å². The number of hydrogen-bond donors (Lipinski definition) is 1. The van der Waals surface area contributed by atoms with Crippen LogP contribution >= 0.6 is 11.8 Å². The molecule has 2 N–H and O–H groups in total. The van der Waals surface area contributed by atoms with Crippen molar-refractivity contribution in [2.45, 2.75) is 39.4 Å². The molecule has 0 radical (unpaired) electrons. The highest BCUT2D eigenvalue weighted by atomic mass is 32.2. The number of hydrogen-bond acceptors (Lipinski definition) is 9. The number of allylic oxidation sites excluding steroid dienone is 4. The molecule has 1 aromatic carbocycles. The van der Waals surface area contributed by atoms with Crippen molar-refractivity contribution in [3.63, 3.8) is 0 Å². The maximum atomic E-state index is 16.3. The van der Waals surface area contributed by atoms with Crippen molar-refractivity contribution in [1.29, 1.82) is 5.26 Å². The molecular weight excluding hydrogens is 548 g/mol. The first kappa shape index (κ1) is 29.2. The van der Waals surface area contributed by atoms with Crippen molar-refractivity contribution in [2.75, 3.05) is 39.5 Å². The van der Waals surface area contributed by atoms with Crippen molar-refractivity contribution < 1.29 is 23.0 Å². The van der Waals surface area contributed by atoms with E-state index in [-0.39, 0.29) is 56.8 Å². The number of benzene rings is 1. The fraction of sp³-hybridized carbons (Fsp3) is 0.433. The molecule has 5 rings (SSSR count). The Labute approximate surface area is 242 Å². The number of ether oxygens (including phenoxy) is 3. The zero-order chi connectivity index (χ0) is 29.1. The van der Waals surface area contributed by atoms with Crippen molar-refractivity contribution in [3.8, 4) is 12.1 Å². The van der Waals surface area contributed by atoms with Crippen LogP contribution in [0.4, 0.5) is 8.78 Å². The molecule has 2 aliphatic heterocycles. The third-order valence-corrected chi connectivity index (χ3v) is 8.53. The zero-order valence-electron chi connectivity index (χ0n) is 23.1. The molecule has 1 aliphatic carbocycles. The van der Waals surface area contributed by atoms with Crippen LogP contribution in [0.25, 0.3) is 16.5 Å². The maximum absolute atomic E-state index is 16.3. The summed E-state index contributed by atoms with van der Waals surface area (Å²) in [7, 11) is 0. The first-order chi connectivity index (χ1) is 19.8. The third-order valence-electron chi connectivity index (χ3n) is 7.66. The lowest BCUT2D eigenvalue weighted by atomic mass is 9.90. The second-order valence-electron chi connectivity index (χ2n) is 10.6. The zero-order valence-corrected chi connectivity index (χ0v) is 23.9. The monoisotopic (exact) mass is 581 g/mol. The Morgan fingerprint density at radius 3 is 2.76 bits per heavy atom. The predicted molar refractivity (Wildman–Crippen MR) is 154 cm³/mol. The van der Waals surface area contributed by atoms with Gasteiger partial charge in [-0.1, -0.05) is 31.0 Å². The number of rotatable bonds is 10. The van der Waals surface area contributed by atoms with Crippen molar-refractivity contribution in [3.05, 3.63) is 69.3 Å². The Balaban J connectivity index is 1.48. The number of halogens is 2. The summed E-state index contributed by atoms with van der Waals surface area (Å²) in [5.41, 5.74) is 6.92. The van der Waals surface area contributed by atoms with Crippen LogP contribution in [0.2, 0.25) is 0 Å². The molecule has 3 heterocycles. The maximum Gasteiger partial charge on any atom is 0.317 e. The molecule has 0 atom stereocenters. The van der Waals surface area contributed by atoms with Gasteiger partial charge in [0.05, 0.1) is 41.9 Å². The first-order valence-corrected chi connectivity index (χ1v) is 14.4. The average Bonchev–Trinajstić information content (AvgIpc) is 3.64. The summed E-state index contributed by atoms with van der Waals surface area (Å²) in [6, 6.07) is 2.06. The standard InChI is InChI=1S/C30H33F2N5O3S/c1-4-24(31)28(41-19(3)34)20(12-33)18(2)25-23-15-39-14-22(23)21-13-35-29(36-27(21)26(25)32)40-17-30(6-7-30)16-37-8-5-10-38-11-9-37/h4,13H,2-3,5-11,14-17,34H2,1H3/b24-4+,28-20+. The molecule has 2 fully saturated rings. The van der Waals surface area contributed by atoms with Gasteiger partial charge in [-0.05, 0) is 42.9 Å². The molecule has 0 unspecified atom stereocenters. The summed E-state index contributed by atoms with van der Waals surface area (Å²) in [5, 5.41) is 10.6. The van der Waals surface area contributed by atoms with Gasteiger partial charge in [-0.25, -0.2) is 13.8 Å². The summed E-state index contributed by atoms with van der Waals surface area (Å²) in [5.74, 6) is -1.38. The van der Waals surface area contributed by atoms with Crippen LogP contribution in [-0.2, 0) is 22.7 Å². The number of fused-ring (bicyclic) bond motifs is 3. The largest absolute Gasteiger partial charge is 0.463 e. The molecule has 1 saturated heterocycles. The average molecular weight is 582 g/mol. The normalized spacial score (nSPS) is 19.2. The van der Waals surface area contributed by atoms with Crippen molar-refractivity contribution in [1.82, 2.24) is 14.9 Å². The predicted octanol–water partition coefficient (Wildman–Crippen LogP) is 5.51. The summed E-state index contributed by atoms with van der Waals surface area (Å²) >= 11 is 0.788. The number of nitrogens with zero attached hydrogens (tertiary/aromatic N) is 4. The number of nitriles is 1. The van der Waals surface area contributed by atoms with E-state index in [1.54, 1.807) is 6.20 Å². The Morgan fingerprint density at radius 1 is 1.27 bits per heavy atom. The molecular formula is C30H33F2N5O3S. The molecule has 0 amide bonds. The quantitative estimate of drug-likeness (QED) is 0.287. The van der Waals surface area contributed by atoms with Gasteiger partial charge < -0.3 is 24.8 Å². The van der Waals surface area contributed by atoms with E-state index in [0.29, 0.717) is 23.1 Å². The third kappa shape index (κ3) is 6.16. The molecule has 41 heavy (non-hydrogen) atoms. The van der Waals surface area contributed by atoms with E-state index >= 15 is 4.39 Å². The van der Waals surface area contributed by atoms with Crippen LogP contribution in [0.5, 0.6) is 6.01 Å². The fourth-order valence-electron chi connectivity index (χ4n) is 5.32. The summed E-state index contributed by atoms with van der Waals surface area (Å²) in [6.07, 6.45) is 5.85. The van der Waals surface area contributed by atoms with E-state index in [9.17, 15) is 9.65 Å². The number of nitrogens with two attached hydrogens (primary N) is 1. The number of thioether (sulfide) groups is 1. The lowest BCUT2D eigenvalue weighted by Crippen LogP contribution is -2.35. The van der Waals surface area contributed by atoms with E-state index in [2.05, 4.69) is 28.0 Å². The molecule has 3 aliphatic rings. The Bertz CT molecular complexity index is 1490. The van der Waals surface area contributed by atoms with Gasteiger partial charge in [-0.2, -0.15) is 10.2 Å². The van der Waals surface area contributed by atoms with Gasteiger partial charge >= 0.3 is 6.01 Å². The van der Waals surface area contributed by atoms with E-state index in [0.717, 1.165) is 63.9 Å². The molecule has 0 bridgehead atoms. The topological polar surface area (TPSA) is 107 Å². The van der Waals surface area contributed by atoms with Gasteiger partial charge in [0.2, 0.25) is 0 Å². The lowest BCUT2D eigenvalue weighted by Gasteiger charge is -2.25. The van der Waals surface area contributed by atoms with Gasteiger partial charge in [-0.3, -0.25) is 0 Å². The Kier molecular flexibility index (Phi) is 8.75. The molecule has 2 aromatic rings. The minimum Gasteiger partial charge on any atom is -0.463 e. The van der Waals surface area contributed by atoms with Gasteiger partial charge in [0.25, 0.3) is 0 Å². The molecule has 8 nitrogen and oxygen atoms in total. The van der Waals surface area contributed by atoms with E-state index in [1.807, 2.05) is 6.07 Å². The van der Waals surface area contributed by atoms with Crippen LogP contribution in [0.3, 0.4) is 0 Å². The minimum atomic E-state index is -0.697. The first-order valence-electron chi connectivity index (χ1n) is 13.6. The van der Waals surface area contributed by atoms with E-state index in [4.69, 9.17) is 19.9 Å². The van der Waals surface area contributed by atoms with Gasteiger partial charge in [0, 0.05) is 48.8 Å². The fourth-order valence-corrected chi connectivity index (χ4v) is 6.06. The second kappa shape index (κ2) is 12.3. The molecule has 0 spiro atoms. The van der Waals surface area contributed by atoms with Crippen LogP contribution in [-0.4, -0.2) is 54.3 Å². The SMILES string of the molecule is C=C(N)SC(=C(\C#N)C(=C)c1c2c(c3cnc(OCC4(CN5CCCOCC5)CC4)nc3c1F)COC2)/C(F)=C\C. The van der Waals surface area contributed by atoms with Gasteiger partial charge in [0.15, 0.2) is 5.82 Å². The molecule has 216 valence electrons. The van der Waals surface area contributed by atoms with Gasteiger partial charge in [0.1, 0.15) is 17.4 Å².